The number of nitrogens with one attached hydrogen (secondary N) is 1. The van der Waals surface area contributed by atoms with Crippen LogP contribution in [0.2, 0.25) is 0 Å². The van der Waals surface area contributed by atoms with Crippen molar-refractivity contribution in [3.63, 3.8) is 0 Å². The second-order valence-electron chi connectivity index (χ2n) is 5.14. The van der Waals surface area contributed by atoms with Crippen LogP contribution in [0.3, 0.4) is 0 Å². The van der Waals surface area contributed by atoms with E-state index in [0.29, 0.717) is 23.2 Å². The molecule has 0 saturated heterocycles. The quantitative estimate of drug-likeness (QED) is 0.790. The van der Waals surface area contributed by atoms with Gasteiger partial charge in [-0.25, -0.2) is 0 Å². The van der Waals surface area contributed by atoms with E-state index < -0.39 is 12.0 Å². The number of hydrogen-bond acceptors (Lipinski definition) is 3. The van der Waals surface area contributed by atoms with E-state index in [1.807, 2.05) is 30.3 Å². The topological polar surface area (TPSA) is 69.6 Å². The molecule has 0 aliphatic rings. The second-order valence-corrected chi connectivity index (χ2v) is 5.14. The highest BCUT2D eigenvalue weighted by molar-refractivity contribution is 5.76. The van der Waals surface area contributed by atoms with Crippen molar-refractivity contribution in [1.29, 1.82) is 0 Å². The first-order chi connectivity index (χ1) is 9.99. The predicted molar refractivity (Wildman–Crippen MR) is 81.2 cm³/mol. The van der Waals surface area contributed by atoms with E-state index in [0.717, 1.165) is 5.56 Å². The summed E-state index contributed by atoms with van der Waals surface area (Å²) in [5, 5.41) is 22.3. The molecule has 3 N–H and O–H groups in total. The molecule has 110 valence electrons. The standard InChI is InChI=1S/C17H19NO3/c1-11-8-14(9-12(2)16(11)19)15(17(20)21)18-10-13-6-4-3-5-7-13/h3-9,15,18-19H,10H2,1-2H3,(H,20,21). The third-order valence-corrected chi connectivity index (χ3v) is 3.45. The molecule has 2 rings (SSSR count). The van der Waals surface area contributed by atoms with Crippen molar-refractivity contribution in [3.8, 4) is 5.75 Å². The molecule has 4 nitrogen and oxygen atoms in total. The van der Waals surface area contributed by atoms with E-state index in [4.69, 9.17) is 0 Å². The summed E-state index contributed by atoms with van der Waals surface area (Å²) in [5.74, 6) is -0.721. The fourth-order valence-electron chi connectivity index (χ4n) is 2.32. The maximum absolute atomic E-state index is 11.5. The highest BCUT2D eigenvalue weighted by Gasteiger charge is 2.20. The van der Waals surface area contributed by atoms with Gasteiger partial charge in [-0.15, -0.1) is 0 Å². The Morgan fingerprint density at radius 2 is 1.71 bits per heavy atom. The van der Waals surface area contributed by atoms with Crippen LogP contribution < -0.4 is 5.32 Å². The van der Waals surface area contributed by atoms with Crippen molar-refractivity contribution in [2.45, 2.75) is 26.4 Å². The van der Waals surface area contributed by atoms with Crippen LogP contribution in [0.1, 0.15) is 28.3 Å². The summed E-state index contributed by atoms with van der Waals surface area (Å²) in [5.41, 5.74) is 3.03. The number of aliphatic carboxylic acids is 1. The number of aromatic hydroxyl groups is 1. The van der Waals surface area contributed by atoms with E-state index in [-0.39, 0.29) is 5.75 Å². The van der Waals surface area contributed by atoms with Crippen molar-refractivity contribution < 1.29 is 15.0 Å². The zero-order valence-electron chi connectivity index (χ0n) is 12.1. The largest absolute Gasteiger partial charge is 0.507 e. The number of hydrogen-bond donors (Lipinski definition) is 3. The number of aryl methyl sites for hydroxylation is 2. The minimum Gasteiger partial charge on any atom is -0.507 e. The van der Waals surface area contributed by atoms with Crippen LogP contribution in [0, 0.1) is 13.8 Å². The van der Waals surface area contributed by atoms with Gasteiger partial charge in [-0.1, -0.05) is 42.5 Å². The molecule has 4 heteroatoms. The van der Waals surface area contributed by atoms with Crippen molar-refractivity contribution in [2.75, 3.05) is 0 Å². The Balaban J connectivity index is 2.21. The number of phenols is 1. The van der Waals surface area contributed by atoms with Crippen LogP contribution in [0.5, 0.6) is 5.75 Å². The first-order valence-electron chi connectivity index (χ1n) is 6.79. The Hall–Kier alpha value is -2.33. The van der Waals surface area contributed by atoms with Gasteiger partial charge in [0.1, 0.15) is 11.8 Å². The Bertz CT molecular complexity index is 615. The first kappa shape index (κ1) is 15.1. The minimum atomic E-state index is -0.935. The summed E-state index contributed by atoms with van der Waals surface area (Å²) in [7, 11) is 0. The molecule has 1 unspecified atom stereocenters. The summed E-state index contributed by atoms with van der Waals surface area (Å²) in [6.45, 7) is 4.00. The maximum Gasteiger partial charge on any atom is 0.325 e. The monoisotopic (exact) mass is 285 g/mol. The van der Waals surface area contributed by atoms with Crippen molar-refractivity contribution in [1.82, 2.24) is 5.32 Å². The van der Waals surface area contributed by atoms with Crippen LogP contribution in [0.4, 0.5) is 0 Å². The molecular weight excluding hydrogens is 266 g/mol. The summed E-state index contributed by atoms with van der Waals surface area (Å²) in [4.78, 5) is 11.5. The zero-order valence-corrected chi connectivity index (χ0v) is 12.1. The van der Waals surface area contributed by atoms with Crippen LogP contribution in [0.15, 0.2) is 42.5 Å². The third-order valence-electron chi connectivity index (χ3n) is 3.45. The van der Waals surface area contributed by atoms with Gasteiger partial charge in [-0.2, -0.15) is 0 Å². The molecule has 0 bridgehead atoms. The van der Waals surface area contributed by atoms with Gasteiger partial charge < -0.3 is 10.2 Å². The second kappa shape index (κ2) is 6.41. The third kappa shape index (κ3) is 3.61. The van der Waals surface area contributed by atoms with E-state index in [9.17, 15) is 15.0 Å². The lowest BCUT2D eigenvalue weighted by molar-refractivity contribution is -0.139. The van der Waals surface area contributed by atoms with E-state index in [1.165, 1.54) is 0 Å². The molecule has 2 aromatic rings. The van der Waals surface area contributed by atoms with Gasteiger partial charge in [0.15, 0.2) is 0 Å². The van der Waals surface area contributed by atoms with Gasteiger partial charge in [0.2, 0.25) is 0 Å². The highest BCUT2D eigenvalue weighted by Crippen LogP contribution is 2.26. The maximum atomic E-state index is 11.5. The molecule has 2 aromatic carbocycles. The Labute approximate surface area is 124 Å². The van der Waals surface area contributed by atoms with Gasteiger partial charge in [0, 0.05) is 6.54 Å². The SMILES string of the molecule is Cc1cc(C(NCc2ccccc2)C(=O)O)cc(C)c1O. The van der Waals surface area contributed by atoms with Crippen LogP contribution in [-0.2, 0) is 11.3 Å². The van der Waals surface area contributed by atoms with Crippen LogP contribution in [-0.4, -0.2) is 16.2 Å². The minimum absolute atomic E-state index is 0.214. The predicted octanol–water partition coefficient (Wildman–Crippen LogP) is 2.92. The molecule has 0 aliphatic carbocycles. The molecule has 0 fully saturated rings. The Kier molecular flexibility index (Phi) is 4.60. The lowest BCUT2D eigenvalue weighted by Crippen LogP contribution is -2.28. The number of carboxylic acid groups (broad SMARTS) is 1. The molecule has 0 heterocycles. The molecule has 0 spiro atoms. The summed E-state index contributed by atoms with van der Waals surface area (Å²) < 4.78 is 0. The van der Waals surface area contributed by atoms with Gasteiger partial charge >= 0.3 is 5.97 Å². The average Bonchev–Trinajstić information content (AvgIpc) is 2.45. The van der Waals surface area contributed by atoms with Crippen molar-refractivity contribution in [3.05, 3.63) is 64.7 Å². The number of carboxylic acids is 1. The summed E-state index contributed by atoms with van der Waals surface area (Å²) >= 11 is 0. The number of carbonyl (C=O) groups is 1. The Morgan fingerprint density at radius 1 is 1.14 bits per heavy atom. The normalized spacial score (nSPS) is 12.1. The van der Waals surface area contributed by atoms with Gasteiger partial charge in [0.25, 0.3) is 0 Å². The van der Waals surface area contributed by atoms with Crippen LogP contribution >= 0.6 is 0 Å². The van der Waals surface area contributed by atoms with E-state index in [2.05, 4.69) is 5.32 Å². The average molecular weight is 285 g/mol. The summed E-state index contributed by atoms with van der Waals surface area (Å²) in [6, 6.07) is 12.3. The fraction of sp³-hybridized carbons (Fsp3) is 0.235. The smallest absolute Gasteiger partial charge is 0.325 e. The molecule has 21 heavy (non-hydrogen) atoms. The van der Waals surface area contributed by atoms with Crippen molar-refractivity contribution in [2.24, 2.45) is 0 Å². The molecule has 0 amide bonds. The lowest BCUT2D eigenvalue weighted by atomic mass is 10.00. The van der Waals surface area contributed by atoms with E-state index >= 15 is 0 Å². The van der Waals surface area contributed by atoms with Gasteiger partial charge in [-0.05, 0) is 36.1 Å². The number of rotatable bonds is 5. The molecule has 0 aliphatic heterocycles. The van der Waals surface area contributed by atoms with Gasteiger partial charge in [0.05, 0.1) is 0 Å². The summed E-state index contributed by atoms with van der Waals surface area (Å²) in [6.07, 6.45) is 0. The van der Waals surface area contributed by atoms with Crippen LogP contribution in [0.25, 0.3) is 0 Å². The number of benzene rings is 2. The first-order valence-corrected chi connectivity index (χ1v) is 6.79. The van der Waals surface area contributed by atoms with Crippen molar-refractivity contribution >= 4 is 5.97 Å². The fourth-order valence-corrected chi connectivity index (χ4v) is 2.32. The molecule has 0 saturated carbocycles. The molecule has 1 atom stereocenters. The van der Waals surface area contributed by atoms with Gasteiger partial charge in [-0.3, -0.25) is 10.1 Å². The number of phenolic OH excluding ortho intramolecular Hbond substituents is 1. The van der Waals surface area contributed by atoms with E-state index in [1.54, 1.807) is 26.0 Å². The lowest BCUT2D eigenvalue weighted by Gasteiger charge is -2.17. The highest BCUT2D eigenvalue weighted by atomic mass is 16.4. The molecule has 0 aromatic heterocycles. The molecule has 0 radical (unpaired) electrons. The zero-order chi connectivity index (χ0) is 15.4. The Morgan fingerprint density at radius 3 is 2.24 bits per heavy atom. The molecular formula is C17H19NO3.